The van der Waals surface area contributed by atoms with Gasteiger partial charge in [0, 0.05) is 22.9 Å². The lowest BCUT2D eigenvalue weighted by Crippen LogP contribution is -2.23. The lowest BCUT2D eigenvalue weighted by molar-refractivity contribution is 0.102. The number of amides is 1. The maximum absolute atomic E-state index is 12.9. The first-order valence-electron chi connectivity index (χ1n) is 10.8. The molecule has 0 aliphatic heterocycles. The van der Waals surface area contributed by atoms with Crippen LogP contribution in [0.15, 0.2) is 77.6 Å². The maximum atomic E-state index is 12.9. The molecule has 5 aromatic rings. The third-order valence-corrected chi connectivity index (χ3v) is 5.85. The predicted octanol–water partition coefficient (Wildman–Crippen LogP) is 4.58. The van der Waals surface area contributed by atoms with Gasteiger partial charge in [0.05, 0.1) is 23.0 Å². The maximum Gasteiger partial charge on any atom is 0.262 e. The van der Waals surface area contributed by atoms with E-state index in [-0.39, 0.29) is 11.5 Å². The molecule has 0 radical (unpaired) electrons. The lowest BCUT2D eigenvalue weighted by atomic mass is 10.1. The van der Waals surface area contributed by atoms with Crippen molar-refractivity contribution in [1.82, 2.24) is 19.2 Å². The summed E-state index contributed by atoms with van der Waals surface area (Å²) in [4.78, 5) is 25.8. The molecule has 0 aliphatic rings. The average molecular weight is 473 g/mol. The number of carbonyl (C=O) groups is 1. The zero-order chi connectivity index (χ0) is 23.7. The van der Waals surface area contributed by atoms with Crippen molar-refractivity contribution < 1.29 is 4.79 Å². The first kappa shape index (κ1) is 21.7. The third kappa shape index (κ3) is 3.88. The molecular weight excluding hydrogens is 452 g/mol. The number of aryl methyl sites for hydroxylation is 1. The molecular formula is C25H21ClN6O2. The minimum atomic E-state index is -0.248. The van der Waals surface area contributed by atoms with Gasteiger partial charge in [-0.05, 0) is 55.5 Å². The molecule has 0 unspecified atom stereocenters. The Hall–Kier alpha value is -4.17. The molecule has 2 heterocycles. The van der Waals surface area contributed by atoms with E-state index in [9.17, 15) is 9.59 Å². The monoisotopic (exact) mass is 472 g/mol. The van der Waals surface area contributed by atoms with Crippen molar-refractivity contribution in [3.63, 3.8) is 0 Å². The molecule has 0 spiro atoms. The van der Waals surface area contributed by atoms with Gasteiger partial charge in [0.15, 0.2) is 5.82 Å². The van der Waals surface area contributed by atoms with Crippen LogP contribution >= 0.6 is 11.6 Å². The second-order valence-corrected chi connectivity index (χ2v) is 8.11. The fourth-order valence-electron chi connectivity index (χ4n) is 3.96. The molecule has 0 saturated heterocycles. The largest absolute Gasteiger partial charge is 0.377 e. The van der Waals surface area contributed by atoms with Gasteiger partial charge >= 0.3 is 0 Å². The highest BCUT2D eigenvalue weighted by molar-refractivity contribution is 6.30. The van der Waals surface area contributed by atoms with Crippen LogP contribution in [-0.4, -0.2) is 25.1 Å². The van der Waals surface area contributed by atoms with Crippen molar-refractivity contribution in [1.29, 1.82) is 0 Å². The van der Waals surface area contributed by atoms with Crippen molar-refractivity contribution in [2.45, 2.75) is 20.0 Å². The average Bonchev–Trinajstić information content (AvgIpc) is 3.28. The molecule has 170 valence electrons. The number of hydrogen-bond acceptors (Lipinski definition) is 5. The SMILES string of the molecule is CCn1c(=O)c2ccccc2n2c(CNc3ccccc3C(=O)Nc3ccc(Cl)cc3)nnc12. The summed E-state index contributed by atoms with van der Waals surface area (Å²) in [6.07, 6.45) is 0. The smallest absolute Gasteiger partial charge is 0.262 e. The van der Waals surface area contributed by atoms with Gasteiger partial charge in [0.25, 0.3) is 11.5 Å². The Kier molecular flexibility index (Phi) is 5.73. The van der Waals surface area contributed by atoms with Crippen LogP contribution in [0.2, 0.25) is 5.02 Å². The van der Waals surface area contributed by atoms with Crippen LogP contribution in [-0.2, 0) is 13.1 Å². The Morgan fingerprint density at radius 2 is 1.71 bits per heavy atom. The number of nitrogens with zero attached hydrogens (tertiary/aromatic N) is 4. The Balaban J connectivity index is 1.47. The molecule has 0 aliphatic carbocycles. The Morgan fingerprint density at radius 3 is 2.50 bits per heavy atom. The molecule has 8 nitrogen and oxygen atoms in total. The second kappa shape index (κ2) is 8.99. The minimum absolute atomic E-state index is 0.0956. The summed E-state index contributed by atoms with van der Waals surface area (Å²) in [5.74, 6) is 0.861. The van der Waals surface area contributed by atoms with Crippen molar-refractivity contribution >= 4 is 45.6 Å². The number of anilines is 2. The highest BCUT2D eigenvalue weighted by Gasteiger charge is 2.17. The number of benzene rings is 3. The number of para-hydroxylation sites is 2. The van der Waals surface area contributed by atoms with Crippen LogP contribution in [0.1, 0.15) is 23.1 Å². The standard InChI is InChI=1S/C25H21ClN6O2/c1-2-31-24(34)19-8-4-6-10-21(19)32-22(29-30-25(31)32)15-27-20-9-5-3-7-18(20)23(33)28-17-13-11-16(26)12-14-17/h3-14,27H,2,15H2,1H3,(H,28,33). The van der Waals surface area contributed by atoms with Gasteiger partial charge in [0.1, 0.15) is 0 Å². The summed E-state index contributed by atoms with van der Waals surface area (Å²) in [6, 6.07) is 21.6. The van der Waals surface area contributed by atoms with Crippen LogP contribution in [0.4, 0.5) is 11.4 Å². The second-order valence-electron chi connectivity index (χ2n) is 7.68. The summed E-state index contributed by atoms with van der Waals surface area (Å²) in [6.45, 7) is 2.68. The van der Waals surface area contributed by atoms with Gasteiger partial charge in [-0.25, -0.2) is 0 Å². The lowest BCUT2D eigenvalue weighted by Gasteiger charge is -2.13. The quantitative estimate of drug-likeness (QED) is 0.377. The van der Waals surface area contributed by atoms with E-state index in [0.29, 0.717) is 52.0 Å². The van der Waals surface area contributed by atoms with Crippen molar-refractivity contribution in [2.75, 3.05) is 10.6 Å². The summed E-state index contributed by atoms with van der Waals surface area (Å²) < 4.78 is 3.48. The van der Waals surface area contributed by atoms with E-state index in [1.807, 2.05) is 47.7 Å². The Bertz CT molecular complexity index is 1570. The highest BCUT2D eigenvalue weighted by atomic mass is 35.5. The molecule has 0 saturated carbocycles. The predicted molar refractivity (Wildman–Crippen MR) is 134 cm³/mol. The normalized spacial score (nSPS) is 11.1. The molecule has 3 aromatic carbocycles. The van der Waals surface area contributed by atoms with E-state index in [4.69, 9.17) is 11.6 Å². The van der Waals surface area contributed by atoms with Crippen molar-refractivity contribution in [3.8, 4) is 0 Å². The van der Waals surface area contributed by atoms with Gasteiger partial charge in [-0.15, -0.1) is 10.2 Å². The molecule has 2 aromatic heterocycles. The molecule has 0 fully saturated rings. The third-order valence-electron chi connectivity index (χ3n) is 5.60. The van der Waals surface area contributed by atoms with Gasteiger partial charge in [-0.3, -0.25) is 18.6 Å². The number of halogens is 1. The van der Waals surface area contributed by atoms with Crippen LogP contribution in [0.25, 0.3) is 16.7 Å². The van der Waals surface area contributed by atoms with E-state index >= 15 is 0 Å². The van der Waals surface area contributed by atoms with E-state index in [2.05, 4.69) is 20.8 Å². The first-order valence-corrected chi connectivity index (χ1v) is 11.2. The molecule has 34 heavy (non-hydrogen) atoms. The number of carbonyl (C=O) groups excluding carboxylic acids is 1. The fourth-order valence-corrected chi connectivity index (χ4v) is 4.08. The first-order chi connectivity index (χ1) is 16.6. The fraction of sp³-hybridized carbons (Fsp3) is 0.120. The van der Waals surface area contributed by atoms with E-state index in [1.165, 1.54) is 0 Å². The van der Waals surface area contributed by atoms with Crippen molar-refractivity contribution in [3.05, 3.63) is 99.6 Å². The van der Waals surface area contributed by atoms with Crippen LogP contribution in [0.5, 0.6) is 0 Å². The molecule has 0 bridgehead atoms. The summed E-state index contributed by atoms with van der Waals surface area (Å²) >= 11 is 5.93. The minimum Gasteiger partial charge on any atom is -0.377 e. The van der Waals surface area contributed by atoms with Gasteiger partial charge < -0.3 is 10.6 Å². The number of fused-ring (bicyclic) bond motifs is 3. The number of hydrogen-bond donors (Lipinski definition) is 2. The molecule has 0 atom stereocenters. The number of nitrogens with one attached hydrogen (secondary N) is 2. The Morgan fingerprint density at radius 1 is 0.971 bits per heavy atom. The molecule has 5 rings (SSSR count). The van der Waals surface area contributed by atoms with Gasteiger partial charge in [-0.1, -0.05) is 35.9 Å². The summed E-state index contributed by atoms with van der Waals surface area (Å²) in [5, 5.41) is 16.0. The van der Waals surface area contributed by atoms with E-state index < -0.39 is 0 Å². The Labute approximate surface area is 199 Å². The molecule has 1 amide bonds. The van der Waals surface area contributed by atoms with E-state index in [0.717, 1.165) is 5.52 Å². The van der Waals surface area contributed by atoms with Crippen molar-refractivity contribution in [2.24, 2.45) is 0 Å². The number of aromatic nitrogens is 4. The van der Waals surface area contributed by atoms with Gasteiger partial charge in [-0.2, -0.15) is 0 Å². The van der Waals surface area contributed by atoms with E-state index in [1.54, 1.807) is 41.0 Å². The number of rotatable bonds is 6. The van der Waals surface area contributed by atoms with Crippen LogP contribution in [0, 0.1) is 0 Å². The zero-order valence-corrected chi connectivity index (χ0v) is 19.1. The van der Waals surface area contributed by atoms with Gasteiger partial charge in [0.2, 0.25) is 5.78 Å². The molecule has 9 heteroatoms. The topological polar surface area (TPSA) is 93.3 Å². The highest BCUT2D eigenvalue weighted by Crippen LogP contribution is 2.20. The van der Waals surface area contributed by atoms with Crippen LogP contribution < -0.4 is 16.2 Å². The molecule has 2 N–H and O–H groups in total. The summed E-state index contributed by atoms with van der Waals surface area (Å²) in [5.41, 5.74) is 2.43. The summed E-state index contributed by atoms with van der Waals surface area (Å²) in [7, 11) is 0. The zero-order valence-electron chi connectivity index (χ0n) is 18.3. The van der Waals surface area contributed by atoms with Crippen LogP contribution in [0.3, 0.4) is 0 Å².